The van der Waals surface area contributed by atoms with Crippen LogP contribution in [0.1, 0.15) is 23.0 Å². The standard InChI is InChI=1S/C12H15BrN4O/c1-3-17-8-10(13)4-11(17)12(18)16(2)7-9-5-14-15-6-9/h4-6,8H,3,7H2,1-2H3,(H,14,15). The molecular weight excluding hydrogens is 296 g/mol. The van der Waals surface area contributed by atoms with Crippen LogP contribution in [0.2, 0.25) is 0 Å². The predicted octanol–water partition coefficient (Wildman–Crippen LogP) is 2.27. The molecule has 0 aromatic carbocycles. The number of aromatic nitrogens is 3. The minimum atomic E-state index is 0.00347. The Hall–Kier alpha value is -1.56. The van der Waals surface area contributed by atoms with Crippen molar-refractivity contribution in [3.05, 3.63) is 40.4 Å². The Balaban J connectivity index is 2.15. The first-order chi connectivity index (χ1) is 8.61. The average Bonchev–Trinajstić information content (AvgIpc) is 2.97. The number of aryl methyl sites for hydroxylation is 1. The second-order valence-electron chi connectivity index (χ2n) is 4.10. The molecule has 1 N–H and O–H groups in total. The molecule has 6 heteroatoms. The highest BCUT2D eigenvalue weighted by Crippen LogP contribution is 2.17. The number of amides is 1. The Bertz CT molecular complexity index is 532. The Morgan fingerprint density at radius 3 is 3.00 bits per heavy atom. The smallest absolute Gasteiger partial charge is 0.270 e. The van der Waals surface area contributed by atoms with E-state index in [1.54, 1.807) is 24.3 Å². The van der Waals surface area contributed by atoms with E-state index in [-0.39, 0.29) is 5.91 Å². The van der Waals surface area contributed by atoms with Gasteiger partial charge < -0.3 is 9.47 Å². The number of hydrogen-bond acceptors (Lipinski definition) is 2. The van der Waals surface area contributed by atoms with Crippen molar-refractivity contribution < 1.29 is 4.79 Å². The molecule has 96 valence electrons. The van der Waals surface area contributed by atoms with Crippen LogP contribution in [0.4, 0.5) is 0 Å². The third kappa shape index (κ3) is 2.64. The maximum absolute atomic E-state index is 12.3. The number of halogens is 1. The highest BCUT2D eigenvalue weighted by molar-refractivity contribution is 9.10. The van der Waals surface area contributed by atoms with E-state index in [0.29, 0.717) is 12.2 Å². The Kier molecular flexibility index (Phi) is 3.86. The minimum absolute atomic E-state index is 0.00347. The molecule has 5 nitrogen and oxygen atoms in total. The molecule has 2 heterocycles. The molecule has 2 aromatic rings. The van der Waals surface area contributed by atoms with E-state index < -0.39 is 0 Å². The normalized spacial score (nSPS) is 10.6. The minimum Gasteiger partial charge on any atom is -0.343 e. The number of carbonyl (C=O) groups excluding carboxylic acids is 1. The van der Waals surface area contributed by atoms with Crippen LogP contribution in [-0.4, -0.2) is 32.6 Å². The van der Waals surface area contributed by atoms with Crippen molar-refractivity contribution in [2.24, 2.45) is 0 Å². The van der Waals surface area contributed by atoms with Crippen molar-refractivity contribution in [3.63, 3.8) is 0 Å². The third-order valence-corrected chi connectivity index (χ3v) is 3.18. The molecule has 0 aliphatic rings. The maximum Gasteiger partial charge on any atom is 0.270 e. The van der Waals surface area contributed by atoms with Gasteiger partial charge in [0.05, 0.1) is 6.20 Å². The number of H-pyrrole nitrogens is 1. The summed E-state index contributed by atoms with van der Waals surface area (Å²) < 4.78 is 2.85. The van der Waals surface area contributed by atoms with Crippen LogP contribution in [0.3, 0.4) is 0 Å². The molecular formula is C12H15BrN4O. The lowest BCUT2D eigenvalue weighted by atomic mass is 10.3. The van der Waals surface area contributed by atoms with Gasteiger partial charge in [-0.1, -0.05) is 0 Å². The molecule has 0 saturated heterocycles. The van der Waals surface area contributed by atoms with Crippen molar-refractivity contribution in [1.82, 2.24) is 19.7 Å². The molecule has 1 amide bonds. The summed E-state index contributed by atoms with van der Waals surface area (Å²) >= 11 is 3.40. The fraction of sp³-hybridized carbons (Fsp3) is 0.333. The molecule has 2 rings (SSSR count). The van der Waals surface area contributed by atoms with Gasteiger partial charge in [0.2, 0.25) is 0 Å². The number of aromatic amines is 1. The molecule has 0 fully saturated rings. The van der Waals surface area contributed by atoms with Crippen molar-refractivity contribution >= 4 is 21.8 Å². The van der Waals surface area contributed by atoms with Crippen LogP contribution < -0.4 is 0 Å². The number of rotatable bonds is 4. The number of nitrogens with zero attached hydrogens (tertiary/aromatic N) is 3. The summed E-state index contributed by atoms with van der Waals surface area (Å²) in [5, 5.41) is 6.61. The fourth-order valence-corrected chi connectivity index (χ4v) is 2.28. The van der Waals surface area contributed by atoms with Crippen LogP contribution in [0.5, 0.6) is 0 Å². The lowest BCUT2D eigenvalue weighted by molar-refractivity contribution is 0.0774. The zero-order valence-corrected chi connectivity index (χ0v) is 11.9. The van der Waals surface area contributed by atoms with Gasteiger partial charge in [-0.05, 0) is 28.9 Å². The molecule has 0 spiro atoms. The van der Waals surface area contributed by atoms with Gasteiger partial charge in [0, 0.05) is 42.6 Å². The van der Waals surface area contributed by atoms with Gasteiger partial charge in [-0.3, -0.25) is 9.89 Å². The average molecular weight is 311 g/mol. The van der Waals surface area contributed by atoms with Gasteiger partial charge in [-0.25, -0.2) is 0 Å². The monoisotopic (exact) mass is 310 g/mol. The van der Waals surface area contributed by atoms with Crippen LogP contribution in [0.15, 0.2) is 29.1 Å². The molecule has 0 radical (unpaired) electrons. The summed E-state index contributed by atoms with van der Waals surface area (Å²) in [7, 11) is 1.79. The summed E-state index contributed by atoms with van der Waals surface area (Å²) in [6, 6.07) is 1.84. The molecule has 0 atom stereocenters. The highest BCUT2D eigenvalue weighted by atomic mass is 79.9. The molecule has 0 bridgehead atoms. The third-order valence-electron chi connectivity index (χ3n) is 2.74. The zero-order valence-electron chi connectivity index (χ0n) is 10.4. The summed E-state index contributed by atoms with van der Waals surface area (Å²) in [4.78, 5) is 14.0. The number of hydrogen-bond donors (Lipinski definition) is 1. The van der Waals surface area contributed by atoms with Gasteiger partial charge >= 0.3 is 0 Å². The number of carbonyl (C=O) groups is 1. The zero-order chi connectivity index (χ0) is 13.1. The maximum atomic E-state index is 12.3. The topological polar surface area (TPSA) is 53.9 Å². The SMILES string of the molecule is CCn1cc(Br)cc1C(=O)N(C)Cc1cn[nH]c1. The molecule has 0 unspecified atom stereocenters. The second-order valence-corrected chi connectivity index (χ2v) is 5.01. The van der Waals surface area contributed by atoms with E-state index in [1.807, 2.05) is 23.8 Å². The van der Waals surface area contributed by atoms with Crippen LogP contribution in [0.25, 0.3) is 0 Å². The predicted molar refractivity (Wildman–Crippen MR) is 72.2 cm³/mol. The van der Waals surface area contributed by atoms with Crippen molar-refractivity contribution in [3.8, 4) is 0 Å². The van der Waals surface area contributed by atoms with Gasteiger partial charge in [-0.15, -0.1) is 0 Å². The Labute approximate surface area is 114 Å². The molecule has 0 aliphatic carbocycles. The lowest BCUT2D eigenvalue weighted by Crippen LogP contribution is -2.28. The van der Waals surface area contributed by atoms with Crippen LogP contribution in [0, 0.1) is 0 Å². The van der Waals surface area contributed by atoms with E-state index in [9.17, 15) is 4.79 Å². The van der Waals surface area contributed by atoms with Crippen LogP contribution >= 0.6 is 15.9 Å². The summed E-state index contributed by atoms with van der Waals surface area (Å²) in [6.07, 6.45) is 5.43. The highest BCUT2D eigenvalue weighted by Gasteiger charge is 2.17. The molecule has 0 aliphatic heterocycles. The van der Waals surface area contributed by atoms with Gasteiger partial charge in [0.1, 0.15) is 5.69 Å². The largest absolute Gasteiger partial charge is 0.343 e. The van der Waals surface area contributed by atoms with Crippen molar-refractivity contribution in [2.45, 2.75) is 20.0 Å². The van der Waals surface area contributed by atoms with Gasteiger partial charge in [0.15, 0.2) is 0 Å². The summed E-state index contributed by atoms with van der Waals surface area (Å²) in [5.74, 6) is 0.00347. The Morgan fingerprint density at radius 1 is 1.61 bits per heavy atom. The first-order valence-electron chi connectivity index (χ1n) is 5.70. The van der Waals surface area contributed by atoms with E-state index in [2.05, 4.69) is 26.1 Å². The van der Waals surface area contributed by atoms with Gasteiger partial charge in [0.25, 0.3) is 5.91 Å². The fourth-order valence-electron chi connectivity index (χ4n) is 1.82. The number of nitrogens with one attached hydrogen (secondary N) is 1. The Morgan fingerprint density at radius 2 is 2.39 bits per heavy atom. The molecule has 18 heavy (non-hydrogen) atoms. The molecule has 2 aromatic heterocycles. The van der Waals surface area contributed by atoms with E-state index in [0.717, 1.165) is 16.6 Å². The van der Waals surface area contributed by atoms with Crippen molar-refractivity contribution in [1.29, 1.82) is 0 Å². The summed E-state index contributed by atoms with van der Waals surface area (Å²) in [5.41, 5.74) is 1.68. The summed E-state index contributed by atoms with van der Waals surface area (Å²) in [6.45, 7) is 3.33. The quantitative estimate of drug-likeness (QED) is 0.942. The van der Waals surface area contributed by atoms with E-state index >= 15 is 0 Å². The van der Waals surface area contributed by atoms with E-state index in [4.69, 9.17) is 0 Å². The lowest BCUT2D eigenvalue weighted by Gasteiger charge is -2.17. The van der Waals surface area contributed by atoms with Gasteiger partial charge in [-0.2, -0.15) is 5.10 Å². The molecule has 0 saturated carbocycles. The first-order valence-corrected chi connectivity index (χ1v) is 6.50. The second kappa shape index (κ2) is 5.39. The van der Waals surface area contributed by atoms with Crippen molar-refractivity contribution in [2.75, 3.05) is 7.05 Å². The van der Waals surface area contributed by atoms with E-state index in [1.165, 1.54) is 0 Å². The van der Waals surface area contributed by atoms with Crippen LogP contribution in [-0.2, 0) is 13.1 Å². The first kappa shape index (κ1) is 12.9.